The van der Waals surface area contributed by atoms with Crippen molar-refractivity contribution in [3.05, 3.63) is 65.2 Å². The normalized spacial score (nSPS) is 13.9. The minimum atomic E-state index is -0.0641. The molecule has 0 aliphatic carbocycles. The fourth-order valence-corrected chi connectivity index (χ4v) is 2.46. The molecule has 0 saturated carbocycles. The Labute approximate surface area is 128 Å². The van der Waals surface area contributed by atoms with Crippen molar-refractivity contribution >= 4 is 29.3 Å². The lowest BCUT2D eigenvalue weighted by Crippen LogP contribution is -2.36. The summed E-state index contributed by atoms with van der Waals surface area (Å²) < 4.78 is 5.55. The number of carbonyl (C=O) groups is 1. The van der Waals surface area contributed by atoms with Gasteiger partial charge in [-0.1, -0.05) is 35.9 Å². The predicted molar refractivity (Wildman–Crippen MR) is 84.8 cm³/mol. The van der Waals surface area contributed by atoms with Crippen LogP contribution in [0, 0.1) is 0 Å². The Hall–Kier alpha value is -2.26. The van der Waals surface area contributed by atoms with E-state index in [-0.39, 0.29) is 5.91 Å². The number of rotatable bonds is 2. The molecule has 21 heavy (non-hydrogen) atoms. The van der Waals surface area contributed by atoms with Gasteiger partial charge in [0.1, 0.15) is 12.4 Å². The molecule has 106 valence electrons. The summed E-state index contributed by atoms with van der Waals surface area (Å²) in [6.07, 6.45) is 3.33. The molecule has 1 heterocycles. The van der Waals surface area contributed by atoms with Crippen molar-refractivity contribution in [3.63, 3.8) is 0 Å². The molecule has 0 aromatic heterocycles. The summed E-state index contributed by atoms with van der Waals surface area (Å²) in [5.41, 5.74) is 1.71. The lowest BCUT2D eigenvalue weighted by Gasteiger charge is -2.28. The van der Waals surface area contributed by atoms with Gasteiger partial charge in [-0.15, -0.1) is 0 Å². The van der Waals surface area contributed by atoms with Crippen molar-refractivity contribution in [1.29, 1.82) is 0 Å². The molecule has 1 aliphatic heterocycles. The number of fused-ring (bicyclic) bond motifs is 1. The molecule has 0 spiro atoms. The summed E-state index contributed by atoms with van der Waals surface area (Å²) in [6.45, 7) is 1.06. The second-order valence-electron chi connectivity index (χ2n) is 4.69. The third kappa shape index (κ3) is 3.09. The first-order valence-corrected chi connectivity index (χ1v) is 7.09. The molecule has 3 nitrogen and oxygen atoms in total. The van der Waals surface area contributed by atoms with Gasteiger partial charge in [0.15, 0.2) is 0 Å². The van der Waals surface area contributed by atoms with Crippen LogP contribution in [0.25, 0.3) is 6.08 Å². The highest BCUT2D eigenvalue weighted by molar-refractivity contribution is 6.30. The van der Waals surface area contributed by atoms with Gasteiger partial charge >= 0.3 is 0 Å². The number of nitrogens with zero attached hydrogens (tertiary/aromatic N) is 1. The molecule has 4 heteroatoms. The van der Waals surface area contributed by atoms with E-state index < -0.39 is 0 Å². The summed E-state index contributed by atoms with van der Waals surface area (Å²) >= 11 is 5.93. The van der Waals surface area contributed by atoms with Crippen LogP contribution in [0.4, 0.5) is 5.69 Å². The molecule has 0 atom stereocenters. The molecule has 0 N–H and O–H groups in total. The highest BCUT2D eigenvalue weighted by Gasteiger charge is 2.21. The highest BCUT2D eigenvalue weighted by atomic mass is 35.5. The van der Waals surface area contributed by atoms with Crippen molar-refractivity contribution in [1.82, 2.24) is 0 Å². The van der Waals surface area contributed by atoms with E-state index >= 15 is 0 Å². The van der Waals surface area contributed by atoms with Crippen LogP contribution in [0.1, 0.15) is 5.56 Å². The fourth-order valence-electron chi connectivity index (χ4n) is 2.27. The summed E-state index contributed by atoms with van der Waals surface area (Å²) in [7, 11) is 0. The first kappa shape index (κ1) is 13.7. The van der Waals surface area contributed by atoms with Gasteiger partial charge in [0.05, 0.1) is 12.2 Å². The standard InChI is InChI=1S/C17H14ClNO2/c18-14-5-3-4-13(12-14)8-9-17(20)19-10-11-21-16-7-2-1-6-15(16)19/h1-9,12H,10-11H2/b9-8+. The average molecular weight is 300 g/mol. The molecule has 0 unspecified atom stereocenters. The summed E-state index contributed by atoms with van der Waals surface area (Å²) in [5, 5.41) is 0.654. The van der Waals surface area contributed by atoms with E-state index in [1.807, 2.05) is 42.5 Å². The van der Waals surface area contributed by atoms with Crippen LogP contribution in [-0.2, 0) is 4.79 Å². The zero-order valence-electron chi connectivity index (χ0n) is 11.3. The van der Waals surface area contributed by atoms with Crippen LogP contribution in [0.3, 0.4) is 0 Å². The van der Waals surface area contributed by atoms with E-state index in [1.165, 1.54) is 0 Å². The van der Waals surface area contributed by atoms with E-state index in [0.29, 0.717) is 18.2 Å². The highest BCUT2D eigenvalue weighted by Crippen LogP contribution is 2.31. The molecule has 2 aromatic rings. The zero-order valence-corrected chi connectivity index (χ0v) is 12.1. The van der Waals surface area contributed by atoms with E-state index in [1.54, 1.807) is 23.1 Å². The van der Waals surface area contributed by atoms with Crippen LogP contribution in [-0.4, -0.2) is 19.1 Å². The minimum Gasteiger partial charge on any atom is -0.490 e. The maximum atomic E-state index is 12.4. The van der Waals surface area contributed by atoms with Crippen LogP contribution < -0.4 is 9.64 Å². The number of carbonyl (C=O) groups excluding carboxylic acids is 1. The number of amides is 1. The molecule has 0 fully saturated rings. The van der Waals surface area contributed by atoms with Gasteiger partial charge in [-0.05, 0) is 35.9 Å². The first-order valence-electron chi connectivity index (χ1n) is 6.71. The molecular formula is C17H14ClNO2. The van der Waals surface area contributed by atoms with Gasteiger partial charge in [0.25, 0.3) is 5.91 Å². The Morgan fingerprint density at radius 2 is 2.05 bits per heavy atom. The molecule has 2 aromatic carbocycles. The Kier molecular flexibility index (Phi) is 3.93. The topological polar surface area (TPSA) is 29.5 Å². The van der Waals surface area contributed by atoms with Gasteiger partial charge in [-0.3, -0.25) is 4.79 Å². The molecule has 1 amide bonds. The molecule has 1 aliphatic rings. The van der Waals surface area contributed by atoms with Crippen LogP contribution in [0.15, 0.2) is 54.6 Å². The number of halogens is 1. The number of hydrogen-bond donors (Lipinski definition) is 0. The van der Waals surface area contributed by atoms with Gasteiger partial charge in [0, 0.05) is 11.1 Å². The minimum absolute atomic E-state index is 0.0641. The number of ether oxygens (including phenoxy) is 1. The fraction of sp³-hybridized carbons (Fsp3) is 0.118. The average Bonchev–Trinajstić information content (AvgIpc) is 2.52. The SMILES string of the molecule is O=C(/C=C/c1cccc(Cl)c1)N1CCOc2ccccc21. The zero-order chi connectivity index (χ0) is 14.7. The second-order valence-corrected chi connectivity index (χ2v) is 5.13. The van der Waals surface area contributed by atoms with Crippen molar-refractivity contribution < 1.29 is 9.53 Å². The van der Waals surface area contributed by atoms with Gasteiger partial charge in [0.2, 0.25) is 0 Å². The summed E-state index contributed by atoms with van der Waals surface area (Å²) in [4.78, 5) is 14.1. The molecule has 0 saturated heterocycles. The largest absolute Gasteiger partial charge is 0.490 e. The molecular weight excluding hydrogens is 286 g/mol. The number of hydrogen-bond acceptors (Lipinski definition) is 2. The van der Waals surface area contributed by atoms with Crippen LogP contribution >= 0.6 is 11.6 Å². The van der Waals surface area contributed by atoms with Crippen molar-refractivity contribution in [2.24, 2.45) is 0 Å². The number of para-hydroxylation sites is 2. The van der Waals surface area contributed by atoms with Gasteiger partial charge in [-0.25, -0.2) is 0 Å². The molecule has 0 radical (unpaired) electrons. The third-order valence-corrected chi connectivity index (χ3v) is 3.50. The monoisotopic (exact) mass is 299 g/mol. The van der Waals surface area contributed by atoms with E-state index in [4.69, 9.17) is 16.3 Å². The first-order chi connectivity index (χ1) is 10.2. The Balaban J connectivity index is 1.80. The van der Waals surface area contributed by atoms with Gasteiger partial charge in [-0.2, -0.15) is 0 Å². The lowest BCUT2D eigenvalue weighted by atomic mass is 10.2. The third-order valence-electron chi connectivity index (χ3n) is 3.26. The number of benzene rings is 2. The smallest absolute Gasteiger partial charge is 0.251 e. The Bertz CT molecular complexity index is 697. The summed E-state index contributed by atoms with van der Waals surface area (Å²) in [6, 6.07) is 14.9. The van der Waals surface area contributed by atoms with E-state index in [0.717, 1.165) is 17.0 Å². The van der Waals surface area contributed by atoms with Crippen LogP contribution in [0.2, 0.25) is 5.02 Å². The molecule has 3 rings (SSSR count). The summed E-state index contributed by atoms with van der Waals surface area (Å²) in [5.74, 6) is 0.680. The van der Waals surface area contributed by atoms with Crippen LogP contribution in [0.5, 0.6) is 5.75 Å². The van der Waals surface area contributed by atoms with Gasteiger partial charge < -0.3 is 9.64 Å². The maximum Gasteiger partial charge on any atom is 0.251 e. The molecule has 0 bridgehead atoms. The number of anilines is 1. The predicted octanol–water partition coefficient (Wildman–Crippen LogP) is 3.78. The Morgan fingerprint density at radius 3 is 2.90 bits per heavy atom. The van der Waals surface area contributed by atoms with E-state index in [2.05, 4.69) is 0 Å². The maximum absolute atomic E-state index is 12.4. The quantitative estimate of drug-likeness (QED) is 0.790. The lowest BCUT2D eigenvalue weighted by molar-refractivity contribution is -0.114. The van der Waals surface area contributed by atoms with Crippen molar-refractivity contribution in [2.45, 2.75) is 0 Å². The van der Waals surface area contributed by atoms with E-state index in [9.17, 15) is 4.79 Å². The van der Waals surface area contributed by atoms with Crippen molar-refractivity contribution in [2.75, 3.05) is 18.1 Å². The second kappa shape index (κ2) is 6.02. The van der Waals surface area contributed by atoms with Crippen molar-refractivity contribution in [3.8, 4) is 5.75 Å². The Morgan fingerprint density at radius 1 is 1.19 bits per heavy atom.